The highest BCUT2D eigenvalue weighted by molar-refractivity contribution is 7.89. The van der Waals surface area contributed by atoms with E-state index in [0.29, 0.717) is 13.1 Å². The second-order valence-corrected chi connectivity index (χ2v) is 6.16. The molecule has 0 aliphatic carbocycles. The van der Waals surface area contributed by atoms with Crippen molar-refractivity contribution in [3.8, 4) is 0 Å². The predicted molar refractivity (Wildman–Crippen MR) is 62.4 cm³/mol. The second kappa shape index (κ2) is 4.72. The number of benzene rings is 1. The lowest BCUT2D eigenvalue weighted by Gasteiger charge is -2.29. The molecule has 1 heterocycles. The number of rotatable bonds is 2. The van der Waals surface area contributed by atoms with Gasteiger partial charge < -0.3 is 5.73 Å². The Labute approximate surface area is 100 Å². The number of sulfonamides is 1. The number of halogens is 1. The minimum absolute atomic E-state index is 0.00778. The van der Waals surface area contributed by atoms with Gasteiger partial charge in [0.2, 0.25) is 10.0 Å². The number of nitrogens with two attached hydrogens (primary N) is 1. The van der Waals surface area contributed by atoms with Crippen LogP contribution in [0.25, 0.3) is 0 Å². The smallest absolute Gasteiger partial charge is 0.243 e. The fourth-order valence-electron chi connectivity index (χ4n) is 1.97. The minimum atomic E-state index is -3.60. The van der Waals surface area contributed by atoms with Crippen LogP contribution in [-0.4, -0.2) is 31.9 Å². The van der Waals surface area contributed by atoms with Crippen molar-refractivity contribution in [3.63, 3.8) is 0 Å². The Hall–Kier alpha value is -0.980. The van der Waals surface area contributed by atoms with Gasteiger partial charge >= 0.3 is 0 Å². The minimum Gasteiger partial charge on any atom is -0.327 e. The van der Waals surface area contributed by atoms with Gasteiger partial charge in [-0.2, -0.15) is 4.31 Å². The molecule has 0 spiro atoms. The molecule has 1 saturated heterocycles. The monoisotopic (exact) mass is 258 g/mol. The molecular formula is C11H15FN2O2S. The van der Waals surface area contributed by atoms with Gasteiger partial charge in [-0.25, -0.2) is 12.8 Å². The largest absolute Gasteiger partial charge is 0.327 e. The van der Waals surface area contributed by atoms with E-state index in [-0.39, 0.29) is 10.9 Å². The maximum absolute atomic E-state index is 13.0. The predicted octanol–water partition coefficient (Wildman–Crippen LogP) is 0.937. The molecule has 0 radical (unpaired) electrons. The van der Waals surface area contributed by atoms with Crippen molar-refractivity contribution >= 4 is 10.0 Å². The summed E-state index contributed by atoms with van der Waals surface area (Å²) >= 11 is 0. The Morgan fingerprint density at radius 1 is 1.41 bits per heavy atom. The summed E-state index contributed by atoms with van der Waals surface area (Å²) in [5, 5.41) is 0. The first-order valence-corrected chi connectivity index (χ1v) is 6.95. The van der Waals surface area contributed by atoms with Crippen molar-refractivity contribution in [1.82, 2.24) is 4.31 Å². The molecule has 1 aliphatic rings. The summed E-state index contributed by atoms with van der Waals surface area (Å²) in [6.45, 7) is 0.755. The average molecular weight is 258 g/mol. The highest BCUT2D eigenvalue weighted by Gasteiger charge is 2.28. The second-order valence-electron chi connectivity index (χ2n) is 4.22. The van der Waals surface area contributed by atoms with Crippen molar-refractivity contribution in [2.45, 2.75) is 23.8 Å². The van der Waals surface area contributed by atoms with Crippen molar-refractivity contribution in [1.29, 1.82) is 0 Å². The van der Waals surface area contributed by atoms with Gasteiger partial charge in [-0.15, -0.1) is 0 Å². The molecule has 1 fully saturated rings. The Bertz CT molecular complexity index is 504. The summed E-state index contributed by atoms with van der Waals surface area (Å²) in [6, 6.07) is 4.92. The maximum Gasteiger partial charge on any atom is 0.243 e. The van der Waals surface area contributed by atoms with Gasteiger partial charge in [-0.1, -0.05) is 6.07 Å². The van der Waals surface area contributed by atoms with E-state index >= 15 is 0 Å². The molecule has 0 amide bonds. The molecule has 6 heteroatoms. The van der Waals surface area contributed by atoms with Crippen molar-refractivity contribution in [2.75, 3.05) is 13.1 Å². The van der Waals surface area contributed by atoms with Gasteiger partial charge in [0.05, 0.1) is 4.90 Å². The van der Waals surface area contributed by atoms with Crippen LogP contribution in [-0.2, 0) is 10.0 Å². The summed E-state index contributed by atoms with van der Waals surface area (Å²) in [5.41, 5.74) is 5.75. The Balaban J connectivity index is 2.29. The van der Waals surface area contributed by atoms with Gasteiger partial charge in [-0.3, -0.25) is 0 Å². The van der Waals surface area contributed by atoms with Gasteiger partial charge in [0.1, 0.15) is 5.82 Å². The number of hydrogen-bond donors (Lipinski definition) is 1. The van der Waals surface area contributed by atoms with E-state index in [2.05, 4.69) is 0 Å². The van der Waals surface area contributed by atoms with E-state index in [1.807, 2.05) is 0 Å². The molecule has 4 nitrogen and oxygen atoms in total. The zero-order chi connectivity index (χ0) is 12.5. The average Bonchev–Trinajstić information content (AvgIpc) is 2.29. The first kappa shape index (κ1) is 12.5. The van der Waals surface area contributed by atoms with E-state index < -0.39 is 15.8 Å². The summed E-state index contributed by atoms with van der Waals surface area (Å²) in [6.07, 6.45) is 1.57. The third-order valence-electron chi connectivity index (χ3n) is 2.85. The van der Waals surface area contributed by atoms with E-state index in [1.54, 1.807) is 0 Å². The van der Waals surface area contributed by atoms with Gasteiger partial charge in [-0.05, 0) is 31.0 Å². The summed E-state index contributed by atoms with van der Waals surface area (Å²) in [7, 11) is -3.60. The fourth-order valence-corrected chi connectivity index (χ4v) is 3.54. The van der Waals surface area contributed by atoms with Crippen molar-refractivity contribution < 1.29 is 12.8 Å². The third-order valence-corrected chi connectivity index (χ3v) is 4.72. The first-order valence-electron chi connectivity index (χ1n) is 5.51. The lowest BCUT2D eigenvalue weighted by molar-refractivity contribution is 0.316. The van der Waals surface area contributed by atoms with Crippen LogP contribution in [0.4, 0.5) is 4.39 Å². The summed E-state index contributed by atoms with van der Waals surface area (Å²) in [5.74, 6) is -0.549. The first-order chi connectivity index (χ1) is 8.00. The Morgan fingerprint density at radius 3 is 2.82 bits per heavy atom. The van der Waals surface area contributed by atoms with Crippen molar-refractivity contribution in [3.05, 3.63) is 30.1 Å². The SMILES string of the molecule is NC1CCCN(S(=O)(=O)c2cccc(F)c2)C1. The van der Waals surface area contributed by atoms with E-state index in [9.17, 15) is 12.8 Å². The fraction of sp³-hybridized carbons (Fsp3) is 0.455. The number of piperidine rings is 1. The van der Waals surface area contributed by atoms with Crippen molar-refractivity contribution in [2.24, 2.45) is 5.73 Å². The highest BCUT2D eigenvalue weighted by atomic mass is 32.2. The Kier molecular flexibility index (Phi) is 3.46. The van der Waals surface area contributed by atoms with Gasteiger partial charge in [0, 0.05) is 19.1 Å². The van der Waals surface area contributed by atoms with Crippen LogP contribution in [0.2, 0.25) is 0 Å². The van der Waals surface area contributed by atoms with Crippen LogP contribution in [0.15, 0.2) is 29.2 Å². The number of nitrogens with zero attached hydrogens (tertiary/aromatic N) is 1. The third kappa shape index (κ3) is 2.65. The standard InChI is InChI=1S/C11H15FN2O2S/c12-9-3-1-5-11(7-9)17(15,16)14-6-2-4-10(13)8-14/h1,3,5,7,10H,2,4,6,8,13H2. The molecule has 0 aromatic heterocycles. The molecule has 2 N–H and O–H groups in total. The van der Waals surface area contributed by atoms with Crippen LogP contribution in [0.3, 0.4) is 0 Å². The quantitative estimate of drug-likeness (QED) is 0.858. The van der Waals surface area contributed by atoms with E-state index in [0.717, 1.165) is 18.9 Å². The molecule has 94 valence electrons. The summed E-state index contributed by atoms with van der Waals surface area (Å²) < 4.78 is 38.7. The maximum atomic E-state index is 13.0. The molecule has 1 aromatic rings. The van der Waals surface area contributed by atoms with Crippen LogP contribution in [0.5, 0.6) is 0 Å². The van der Waals surface area contributed by atoms with Crippen LogP contribution in [0, 0.1) is 5.82 Å². The van der Waals surface area contributed by atoms with E-state index in [4.69, 9.17) is 5.73 Å². The molecule has 1 aromatic carbocycles. The topological polar surface area (TPSA) is 63.4 Å². The molecule has 2 rings (SSSR count). The van der Waals surface area contributed by atoms with Crippen LogP contribution >= 0.6 is 0 Å². The number of hydrogen-bond acceptors (Lipinski definition) is 3. The molecule has 17 heavy (non-hydrogen) atoms. The Morgan fingerprint density at radius 2 is 2.18 bits per heavy atom. The van der Waals surface area contributed by atoms with Crippen LogP contribution in [0.1, 0.15) is 12.8 Å². The van der Waals surface area contributed by atoms with E-state index in [1.165, 1.54) is 22.5 Å². The van der Waals surface area contributed by atoms with Gasteiger partial charge in [0.25, 0.3) is 0 Å². The molecule has 1 atom stereocenters. The highest BCUT2D eigenvalue weighted by Crippen LogP contribution is 2.20. The summed E-state index contributed by atoms with van der Waals surface area (Å²) in [4.78, 5) is -0.00778. The van der Waals surface area contributed by atoms with Crippen LogP contribution < -0.4 is 5.73 Å². The zero-order valence-electron chi connectivity index (χ0n) is 9.34. The molecule has 1 aliphatic heterocycles. The normalized spacial score (nSPS) is 22.6. The van der Waals surface area contributed by atoms with Gasteiger partial charge in [0.15, 0.2) is 0 Å². The molecular weight excluding hydrogens is 243 g/mol. The lowest BCUT2D eigenvalue weighted by atomic mass is 10.1. The zero-order valence-corrected chi connectivity index (χ0v) is 10.2. The molecule has 1 unspecified atom stereocenters. The lowest BCUT2D eigenvalue weighted by Crippen LogP contribution is -2.45. The molecule has 0 bridgehead atoms. The molecule has 0 saturated carbocycles.